The zero-order valence-electron chi connectivity index (χ0n) is 8.86. The van der Waals surface area contributed by atoms with E-state index in [0.717, 1.165) is 5.56 Å². The number of hydrogen-bond donors (Lipinski definition) is 1. The Morgan fingerprint density at radius 2 is 2.00 bits per heavy atom. The number of phenolic OH excluding ortho intramolecular Hbond substituents is 1. The van der Waals surface area contributed by atoms with E-state index in [1.54, 1.807) is 24.3 Å². The van der Waals surface area contributed by atoms with Crippen molar-refractivity contribution >= 4 is 15.9 Å². The number of halogens is 2. The lowest BCUT2D eigenvalue weighted by Gasteiger charge is -2.07. The maximum Gasteiger partial charge on any atom is 0.130 e. The second-order valence-corrected chi connectivity index (χ2v) is 4.39. The van der Waals surface area contributed by atoms with Gasteiger partial charge in [0.2, 0.25) is 0 Å². The quantitative estimate of drug-likeness (QED) is 0.931. The van der Waals surface area contributed by atoms with Crippen molar-refractivity contribution in [2.24, 2.45) is 0 Å². The van der Waals surface area contributed by atoms with E-state index >= 15 is 0 Å². The molecule has 88 valence electrons. The monoisotopic (exact) mass is 296 g/mol. The molecule has 0 saturated carbocycles. The minimum absolute atomic E-state index is 0.158. The molecule has 0 spiro atoms. The summed E-state index contributed by atoms with van der Waals surface area (Å²) in [5.74, 6) is 0.291. The summed E-state index contributed by atoms with van der Waals surface area (Å²) in [4.78, 5) is 0. The number of benzene rings is 2. The molecule has 0 aliphatic carbocycles. The third-order valence-corrected chi connectivity index (χ3v) is 2.88. The van der Waals surface area contributed by atoms with Gasteiger partial charge in [0.15, 0.2) is 0 Å². The van der Waals surface area contributed by atoms with E-state index in [2.05, 4.69) is 15.9 Å². The molecule has 0 amide bonds. The molecule has 17 heavy (non-hydrogen) atoms. The molecule has 0 bridgehead atoms. The van der Waals surface area contributed by atoms with Crippen LogP contribution in [0, 0.1) is 5.82 Å². The van der Waals surface area contributed by atoms with Crippen LogP contribution >= 0.6 is 15.9 Å². The highest BCUT2D eigenvalue weighted by Gasteiger charge is 2.01. The van der Waals surface area contributed by atoms with Crippen molar-refractivity contribution in [2.75, 3.05) is 0 Å². The van der Waals surface area contributed by atoms with Gasteiger partial charge in [0.1, 0.15) is 23.9 Å². The van der Waals surface area contributed by atoms with Crippen molar-refractivity contribution in [1.82, 2.24) is 0 Å². The van der Waals surface area contributed by atoms with Crippen molar-refractivity contribution in [2.45, 2.75) is 6.61 Å². The van der Waals surface area contributed by atoms with Crippen LogP contribution in [0.4, 0.5) is 4.39 Å². The molecule has 0 heterocycles. The van der Waals surface area contributed by atoms with Crippen LogP contribution in [0.15, 0.2) is 46.9 Å². The molecule has 0 atom stereocenters. The third kappa shape index (κ3) is 3.20. The lowest BCUT2D eigenvalue weighted by atomic mass is 10.2. The van der Waals surface area contributed by atoms with Crippen LogP contribution < -0.4 is 4.74 Å². The summed E-state index contributed by atoms with van der Waals surface area (Å²) < 4.78 is 18.9. The SMILES string of the molecule is Oc1cc(COc2cccc(F)c2)ccc1Br. The molecule has 0 radical (unpaired) electrons. The number of aromatic hydroxyl groups is 1. The average molecular weight is 297 g/mol. The van der Waals surface area contributed by atoms with E-state index in [4.69, 9.17) is 4.74 Å². The number of hydrogen-bond acceptors (Lipinski definition) is 2. The fourth-order valence-electron chi connectivity index (χ4n) is 1.37. The van der Waals surface area contributed by atoms with Gasteiger partial charge < -0.3 is 9.84 Å². The molecule has 1 N–H and O–H groups in total. The van der Waals surface area contributed by atoms with Crippen molar-refractivity contribution in [3.63, 3.8) is 0 Å². The van der Waals surface area contributed by atoms with Crippen LogP contribution in [-0.4, -0.2) is 5.11 Å². The van der Waals surface area contributed by atoms with Crippen LogP contribution in [0.3, 0.4) is 0 Å². The zero-order valence-corrected chi connectivity index (χ0v) is 10.4. The standard InChI is InChI=1S/C13H10BrFO2/c14-12-5-4-9(6-13(12)16)8-17-11-3-1-2-10(15)7-11/h1-7,16H,8H2. The Hall–Kier alpha value is -1.55. The molecule has 0 fully saturated rings. The summed E-state index contributed by atoms with van der Waals surface area (Å²) >= 11 is 3.19. The molecular weight excluding hydrogens is 287 g/mol. The second-order valence-electron chi connectivity index (χ2n) is 3.53. The largest absolute Gasteiger partial charge is 0.507 e. The molecule has 2 rings (SSSR count). The predicted octanol–water partition coefficient (Wildman–Crippen LogP) is 3.87. The molecule has 2 nitrogen and oxygen atoms in total. The fraction of sp³-hybridized carbons (Fsp3) is 0.0769. The number of phenols is 1. The first-order valence-electron chi connectivity index (χ1n) is 5.01. The minimum Gasteiger partial charge on any atom is -0.507 e. The van der Waals surface area contributed by atoms with Crippen molar-refractivity contribution in [3.8, 4) is 11.5 Å². The number of ether oxygens (including phenoxy) is 1. The maximum absolute atomic E-state index is 12.9. The molecule has 0 saturated heterocycles. The molecule has 2 aromatic rings. The van der Waals surface area contributed by atoms with E-state index in [-0.39, 0.29) is 18.2 Å². The topological polar surface area (TPSA) is 29.5 Å². The molecule has 2 aromatic carbocycles. The van der Waals surface area contributed by atoms with Gasteiger partial charge in [-0.25, -0.2) is 4.39 Å². The Morgan fingerprint density at radius 1 is 1.18 bits per heavy atom. The van der Waals surface area contributed by atoms with E-state index in [1.807, 2.05) is 6.07 Å². The van der Waals surface area contributed by atoms with Gasteiger partial charge in [-0.2, -0.15) is 0 Å². The Labute approximate surface area is 107 Å². The van der Waals surface area contributed by atoms with Crippen molar-refractivity contribution < 1.29 is 14.2 Å². The summed E-state index contributed by atoms with van der Waals surface area (Å²) in [6.45, 7) is 0.282. The van der Waals surface area contributed by atoms with Gasteiger partial charge in [-0.15, -0.1) is 0 Å². The normalized spacial score (nSPS) is 10.2. The summed E-state index contributed by atoms with van der Waals surface area (Å²) in [5.41, 5.74) is 0.815. The molecule has 4 heteroatoms. The lowest BCUT2D eigenvalue weighted by molar-refractivity contribution is 0.304. The smallest absolute Gasteiger partial charge is 0.130 e. The fourth-order valence-corrected chi connectivity index (χ4v) is 1.62. The highest BCUT2D eigenvalue weighted by molar-refractivity contribution is 9.10. The van der Waals surface area contributed by atoms with Gasteiger partial charge in [0.05, 0.1) is 4.47 Å². The maximum atomic E-state index is 12.9. The van der Waals surface area contributed by atoms with Crippen LogP contribution in [0.2, 0.25) is 0 Å². The first-order chi connectivity index (χ1) is 8.15. The Kier molecular flexibility index (Phi) is 3.64. The highest BCUT2D eigenvalue weighted by atomic mass is 79.9. The predicted molar refractivity (Wildman–Crippen MR) is 66.5 cm³/mol. The lowest BCUT2D eigenvalue weighted by Crippen LogP contribution is -1.95. The Balaban J connectivity index is 2.05. The second kappa shape index (κ2) is 5.19. The first kappa shape index (κ1) is 11.9. The summed E-state index contributed by atoms with van der Waals surface area (Å²) in [6, 6.07) is 11.1. The minimum atomic E-state index is -0.332. The van der Waals surface area contributed by atoms with E-state index in [9.17, 15) is 9.50 Å². The Morgan fingerprint density at radius 3 is 2.71 bits per heavy atom. The highest BCUT2D eigenvalue weighted by Crippen LogP contribution is 2.25. The average Bonchev–Trinajstić information content (AvgIpc) is 2.31. The van der Waals surface area contributed by atoms with Gasteiger partial charge >= 0.3 is 0 Å². The first-order valence-corrected chi connectivity index (χ1v) is 5.80. The molecule has 0 aliphatic heterocycles. The van der Waals surface area contributed by atoms with Crippen molar-refractivity contribution in [1.29, 1.82) is 0 Å². The molecule has 0 unspecified atom stereocenters. The third-order valence-electron chi connectivity index (χ3n) is 2.21. The molecule has 0 aromatic heterocycles. The van der Waals surface area contributed by atoms with Crippen LogP contribution in [0.5, 0.6) is 11.5 Å². The van der Waals surface area contributed by atoms with E-state index in [0.29, 0.717) is 10.2 Å². The van der Waals surface area contributed by atoms with Crippen molar-refractivity contribution in [3.05, 3.63) is 58.3 Å². The van der Waals surface area contributed by atoms with Gasteiger partial charge in [0, 0.05) is 6.07 Å². The summed E-state index contributed by atoms with van der Waals surface area (Å²) in [5, 5.41) is 9.48. The van der Waals surface area contributed by atoms with E-state index in [1.165, 1.54) is 12.1 Å². The molecule has 0 aliphatic rings. The number of rotatable bonds is 3. The Bertz CT molecular complexity index is 529. The summed E-state index contributed by atoms with van der Waals surface area (Å²) in [6.07, 6.45) is 0. The van der Waals surface area contributed by atoms with Crippen LogP contribution in [0.1, 0.15) is 5.56 Å². The van der Waals surface area contributed by atoms with Gasteiger partial charge in [-0.3, -0.25) is 0 Å². The van der Waals surface area contributed by atoms with E-state index < -0.39 is 0 Å². The van der Waals surface area contributed by atoms with Gasteiger partial charge in [-0.1, -0.05) is 12.1 Å². The zero-order chi connectivity index (χ0) is 12.3. The van der Waals surface area contributed by atoms with Crippen LogP contribution in [-0.2, 0) is 6.61 Å². The summed E-state index contributed by atoms with van der Waals surface area (Å²) in [7, 11) is 0. The van der Waals surface area contributed by atoms with Gasteiger partial charge in [0.25, 0.3) is 0 Å². The molecular formula is C13H10BrFO2. The van der Waals surface area contributed by atoms with Crippen LogP contribution in [0.25, 0.3) is 0 Å². The van der Waals surface area contributed by atoms with Gasteiger partial charge in [-0.05, 0) is 45.8 Å².